The highest BCUT2D eigenvalue weighted by Gasteiger charge is 2.30. The molecule has 0 radical (unpaired) electrons. The van der Waals surface area contributed by atoms with Gasteiger partial charge in [0.25, 0.3) is 0 Å². The second-order valence-corrected chi connectivity index (χ2v) is 14.8. The van der Waals surface area contributed by atoms with E-state index in [2.05, 4.69) is 30.1 Å². The minimum Gasteiger partial charge on any atom is -0.420 e. The van der Waals surface area contributed by atoms with Gasteiger partial charge < -0.3 is 13.9 Å². The Morgan fingerprint density at radius 2 is 1.12 bits per heavy atom. The van der Waals surface area contributed by atoms with Crippen molar-refractivity contribution >= 4 is 44.9 Å². The first-order chi connectivity index (χ1) is 26.7. The Hall–Kier alpha value is -5.45. The second kappa shape index (κ2) is 18.5. The lowest BCUT2D eigenvalue weighted by Crippen LogP contribution is -2.28. The Morgan fingerprint density at radius 3 is 1.52 bits per heavy atom. The Kier molecular flexibility index (Phi) is 13.7. The van der Waals surface area contributed by atoms with Crippen LogP contribution in [-0.4, -0.2) is 46.1 Å². The lowest BCUT2D eigenvalue weighted by Gasteiger charge is -2.21. The van der Waals surface area contributed by atoms with Crippen molar-refractivity contribution in [2.24, 2.45) is 5.14 Å². The van der Waals surface area contributed by atoms with Gasteiger partial charge in [-0.25, -0.2) is 14.8 Å². The molecule has 0 saturated carbocycles. The van der Waals surface area contributed by atoms with Crippen LogP contribution in [0.5, 0.6) is 0 Å². The normalized spacial score (nSPS) is 13.4. The lowest BCUT2D eigenvalue weighted by atomic mass is 9.92. The molecule has 0 spiro atoms. The molecule has 13 nitrogen and oxygen atoms in total. The quantitative estimate of drug-likeness (QED) is 0.113. The molecule has 0 aliphatic heterocycles. The van der Waals surface area contributed by atoms with E-state index in [1.165, 1.54) is 0 Å². The number of hydrogen-bond acceptors (Lipinski definition) is 10. The summed E-state index contributed by atoms with van der Waals surface area (Å²) in [5.74, 6) is 0.314. The number of hydrogen-bond donors (Lipinski definition) is 2. The summed E-state index contributed by atoms with van der Waals surface area (Å²) in [6, 6.07) is 25.6. The Bertz CT molecular complexity index is 2480. The second-order valence-electron chi connectivity index (χ2n) is 12.9. The van der Waals surface area contributed by atoms with Crippen molar-refractivity contribution in [3.8, 4) is 22.9 Å². The highest BCUT2D eigenvalue weighted by molar-refractivity contribution is 7.84. The fourth-order valence-electron chi connectivity index (χ4n) is 5.87. The number of rotatable bonds is 12. The number of aliphatic hydroxyl groups excluding tert-OH is 1. The predicted molar refractivity (Wildman–Crippen MR) is 213 cm³/mol. The Labute approximate surface area is 335 Å². The molecule has 0 fully saturated rings. The van der Waals surface area contributed by atoms with Gasteiger partial charge in [0.05, 0.1) is 47.2 Å². The number of benzene rings is 4. The Balaban J connectivity index is 0.000000216. The SMILES string of the molecule is [C-]#[N+]c1ccc(C[C@@H](c2nnc(-c3ccccc3)o2)[C@H](C)O)c(C)c1Cl.[C-]#[N+]c1ccc(C[C@@H](c2nnc(-c3ccccc3)o2)[C@H](C)OS(N)(=O)=O)c(C)c1Cl. The van der Waals surface area contributed by atoms with Crippen LogP contribution in [0.3, 0.4) is 0 Å². The van der Waals surface area contributed by atoms with E-state index in [0.717, 1.165) is 27.8 Å². The number of nitrogens with two attached hydrogens (primary N) is 1. The fourth-order valence-corrected chi connectivity index (χ4v) is 6.88. The largest absolute Gasteiger partial charge is 0.420 e. The topological polar surface area (TPSA) is 176 Å². The molecule has 0 aliphatic rings. The molecule has 4 aromatic carbocycles. The third-order valence-electron chi connectivity index (χ3n) is 9.07. The summed E-state index contributed by atoms with van der Waals surface area (Å²) in [5.41, 5.74) is 5.59. The summed E-state index contributed by atoms with van der Waals surface area (Å²) in [4.78, 5) is 6.80. The zero-order valence-corrected chi connectivity index (χ0v) is 33.0. The molecule has 2 heterocycles. The first kappa shape index (κ1) is 41.7. The van der Waals surface area contributed by atoms with Crippen LogP contribution in [0, 0.1) is 27.0 Å². The molecule has 4 atom stereocenters. The molecule has 3 N–H and O–H groups in total. The predicted octanol–water partition coefficient (Wildman–Crippen LogP) is 9.14. The minimum absolute atomic E-state index is 0.204. The molecule has 6 rings (SSSR count). The summed E-state index contributed by atoms with van der Waals surface area (Å²) >= 11 is 12.5. The van der Waals surface area contributed by atoms with Crippen LogP contribution in [-0.2, 0) is 27.3 Å². The average molecular weight is 815 g/mol. The molecule has 0 saturated heterocycles. The molecular formula is C40H37Cl2N7O6S. The van der Waals surface area contributed by atoms with Gasteiger partial charge in [-0.2, -0.15) is 8.42 Å². The lowest BCUT2D eigenvalue weighted by molar-refractivity contribution is 0.148. The summed E-state index contributed by atoms with van der Waals surface area (Å²) in [7, 11) is -4.20. The van der Waals surface area contributed by atoms with E-state index in [-0.39, 0.29) is 18.2 Å². The first-order valence-electron chi connectivity index (χ1n) is 17.2. The van der Waals surface area contributed by atoms with Crippen molar-refractivity contribution in [2.75, 3.05) is 0 Å². The van der Waals surface area contributed by atoms with Crippen LogP contribution < -0.4 is 5.14 Å². The van der Waals surface area contributed by atoms with Gasteiger partial charge in [-0.15, -0.1) is 20.4 Å². The molecule has 16 heteroatoms. The van der Waals surface area contributed by atoms with Crippen molar-refractivity contribution in [1.29, 1.82) is 0 Å². The molecule has 6 aromatic rings. The molecule has 0 amide bonds. The highest BCUT2D eigenvalue weighted by atomic mass is 35.5. The molecule has 288 valence electrons. The number of halogens is 2. The maximum Gasteiger partial charge on any atom is 0.333 e. The zero-order valence-electron chi connectivity index (χ0n) is 30.7. The van der Waals surface area contributed by atoms with Crippen molar-refractivity contribution in [3.05, 3.63) is 152 Å². The van der Waals surface area contributed by atoms with Gasteiger partial charge in [0, 0.05) is 11.1 Å². The molecule has 0 aliphatic carbocycles. The van der Waals surface area contributed by atoms with E-state index in [0.29, 0.717) is 51.1 Å². The van der Waals surface area contributed by atoms with Crippen molar-refractivity contribution in [2.45, 2.75) is 64.6 Å². The van der Waals surface area contributed by atoms with Gasteiger partial charge >= 0.3 is 10.3 Å². The van der Waals surface area contributed by atoms with Crippen LogP contribution in [0.1, 0.15) is 59.7 Å². The number of aromatic nitrogens is 4. The van der Waals surface area contributed by atoms with E-state index < -0.39 is 28.4 Å². The van der Waals surface area contributed by atoms with Crippen LogP contribution in [0.25, 0.3) is 32.6 Å². The van der Waals surface area contributed by atoms with E-state index in [9.17, 15) is 13.5 Å². The summed E-state index contributed by atoms with van der Waals surface area (Å²) in [5, 5.41) is 32.5. The van der Waals surface area contributed by atoms with E-state index in [1.807, 2.05) is 73.7 Å². The maximum atomic E-state index is 11.5. The molecule has 0 unspecified atom stereocenters. The van der Waals surface area contributed by atoms with Gasteiger partial charge in [0.15, 0.2) is 0 Å². The van der Waals surface area contributed by atoms with Crippen LogP contribution >= 0.6 is 23.2 Å². The fraction of sp³-hybridized carbons (Fsp3) is 0.250. The van der Waals surface area contributed by atoms with Gasteiger partial charge in [-0.3, -0.25) is 4.18 Å². The van der Waals surface area contributed by atoms with Crippen molar-refractivity contribution in [1.82, 2.24) is 20.4 Å². The van der Waals surface area contributed by atoms with Crippen LogP contribution in [0.15, 0.2) is 93.8 Å². The smallest absolute Gasteiger partial charge is 0.333 e. The highest BCUT2D eigenvalue weighted by Crippen LogP contribution is 2.36. The van der Waals surface area contributed by atoms with Gasteiger partial charge in [-0.1, -0.05) is 83.9 Å². The van der Waals surface area contributed by atoms with E-state index in [1.54, 1.807) is 39.0 Å². The third-order valence-corrected chi connectivity index (χ3v) is 10.6. The average Bonchev–Trinajstić information content (AvgIpc) is 3.87. The van der Waals surface area contributed by atoms with Crippen LogP contribution in [0.2, 0.25) is 10.0 Å². The summed E-state index contributed by atoms with van der Waals surface area (Å²) < 4.78 is 39.6. The van der Waals surface area contributed by atoms with Gasteiger partial charge in [0.1, 0.15) is 0 Å². The summed E-state index contributed by atoms with van der Waals surface area (Å²) in [6.07, 6.45) is -0.796. The first-order valence-corrected chi connectivity index (χ1v) is 19.4. The maximum absolute atomic E-state index is 11.5. The zero-order chi connectivity index (χ0) is 40.6. The van der Waals surface area contributed by atoms with Gasteiger partial charge in [-0.05, 0) is 87.1 Å². The number of nitrogens with zero attached hydrogens (tertiary/aromatic N) is 6. The monoisotopic (exact) mass is 813 g/mol. The molecule has 56 heavy (non-hydrogen) atoms. The standard InChI is InChI=1S/C20H19ClN4O4S.C20H18ClN3O2/c1-12-15(9-10-17(23-3)18(12)21)11-16(13(2)29-30(22,26)27)20-25-24-19(28-20)14-7-5-4-6-8-14;1-12-15(9-10-17(22-3)18(12)21)11-16(13(2)25)20-24-23-19(26-20)14-7-5-4-6-8-14/h4-10,13,16H,11H2,1-2H3,(H2,22,26,27);4-10,13,16,25H,11H2,1-2H3/t2*13-,16+/m00/s1. The molecular weight excluding hydrogens is 777 g/mol. The van der Waals surface area contributed by atoms with Crippen LogP contribution in [0.4, 0.5) is 11.4 Å². The number of aliphatic hydroxyl groups is 1. The van der Waals surface area contributed by atoms with E-state index >= 15 is 0 Å². The summed E-state index contributed by atoms with van der Waals surface area (Å²) in [6.45, 7) is 21.3. The van der Waals surface area contributed by atoms with Gasteiger partial charge in [0.2, 0.25) is 34.9 Å². The third kappa shape index (κ3) is 10.2. The van der Waals surface area contributed by atoms with E-state index in [4.69, 9.17) is 54.5 Å². The molecule has 0 bridgehead atoms. The van der Waals surface area contributed by atoms with Crippen molar-refractivity contribution in [3.63, 3.8) is 0 Å². The minimum atomic E-state index is -4.20. The van der Waals surface area contributed by atoms with Crippen molar-refractivity contribution < 1.29 is 26.5 Å². The molecule has 2 aromatic heterocycles. The Morgan fingerprint density at radius 1 is 0.714 bits per heavy atom.